The molecule has 0 aliphatic carbocycles. The van der Waals surface area contributed by atoms with Crippen LogP contribution in [0.1, 0.15) is 21.7 Å². The number of benzene rings is 2. The molecule has 1 amide bonds. The standard InChI is InChI=1S/C30H27F4N7O4/c31-21-8-6-20(7-9-21)26-36-22(27(42)37-23(28(43)44)18-45-17-19-4-2-1-3-5-19)16-25(39-26)40-12-14-41(15-13-40)29-35-11-10-24(38-29)30(32,33)34/h1-11,16,23H,12-15,17-18H2,(H,37,42)(H,43,44). The molecule has 11 nitrogen and oxygen atoms in total. The van der Waals surface area contributed by atoms with E-state index in [-0.39, 0.29) is 56.9 Å². The van der Waals surface area contributed by atoms with Gasteiger partial charge in [-0.3, -0.25) is 4.79 Å². The number of carboxylic acid groups (broad SMARTS) is 1. The zero-order valence-electron chi connectivity index (χ0n) is 23.6. The molecule has 2 aromatic carbocycles. The molecular formula is C30H27F4N7O4. The highest BCUT2D eigenvalue weighted by Crippen LogP contribution is 2.29. The molecule has 234 valence electrons. The van der Waals surface area contributed by atoms with Gasteiger partial charge in [0.05, 0.1) is 13.2 Å². The minimum absolute atomic E-state index is 0.0616. The van der Waals surface area contributed by atoms with Gasteiger partial charge in [-0.1, -0.05) is 30.3 Å². The highest BCUT2D eigenvalue weighted by atomic mass is 19.4. The molecule has 0 bridgehead atoms. The largest absolute Gasteiger partial charge is 0.480 e. The molecule has 1 saturated heterocycles. The van der Waals surface area contributed by atoms with Crippen molar-refractivity contribution in [2.24, 2.45) is 0 Å². The van der Waals surface area contributed by atoms with Crippen molar-refractivity contribution in [3.8, 4) is 11.4 Å². The monoisotopic (exact) mass is 625 g/mol. The van der Waals surface area contributed by atoms with Crippen molar-refractivity contribution in [3.05, 3.63) is 95.7 Å². The van der Waals surface area contributed by atoms with E-state index in [0.29, 0.717) is 11.4 Å². The van der Waals surface area contributed by atoms with Crippen LogP contribution in [0.3, 0.4) is 0 Å². The van der Waals surface area contributed by atoms with E-state index in [1.165, 1.54) is 30.3 Å². The molecule has 5 rings (SSSR count). The minimum Gasteiger partial charge on any atom is -0.480 e. The number of carbonyl (C=O) groups is 2. The van der Waals surface area contributed by atoms with Crippen LogP contribution in [0, 0.1) is 5.82 Å². The van der Waals surface area contributed by atoms with E-state index >= 15 is 0 Å². The van der Waals surface area contributed by atoms with E-state index in [4.69, 9.17) is 4.74 Å². The number of piperazine rings is 1. The van der Waals surface area contributed by atoms with Crippen LogP contribution in [0.15, 0.2) is 72.9 Å². The smallest absolute Gasteiger partial charge is 0.433 e. The number of anilines is 2. The number of alkyl halides is 3. The quantitative estimate of drug-likeness (QED) is 0.251. The fourth-order valence-corrected chi connectivity index (χ4v) is 4.51. The fraction of sp³-hybridized carbons (Fsp3) is 0.267. The van der Waals surface area contributed by atoms with Gasteiger partial charge in [0.1, 0.15) is 23.0 Å². The first-order valence-electron chi connectivity index (χ1n) is 13.8. The molecule has 4 aromatic rings. The molecule has 2 aromatic heterocycles. The van der Waals surface area contributed by atoms with Gasteiger partial charge in [-0.05, 0) is 35.9 Å². The van der Waals surface area contributed by atoms with Crippen molar-refractivity contribution in [3.63, 3.8) is 0 Å². The van der Waals surface area contributed by atoms with Crippen LogP contribution in [-0.4, -0.2) is 75.7 Å². The first-order chi connectivity index (χ1) is 21.6. The summed E-state index contributed by atoms with van der Waals surface area (Å²) in [6, 6.07) is 15.2. The molecule has 0 saturated carbocycles. The number of hydrogen-bond donors (Lipinski definition) is 2. The predicted octanol–water partition coefficient (Wildman–Crippen LogP) is 3.82. The molecule has 3 heterocycles. The van der Waals surface area contributed by atoms with E-state index in [9.17, 15) is 32.3 Å². The van der Waals surface area contributed by atoms with Crippen molar-refractivity contribution in [2.75, 3.05) is 42.6 Å². The number of aromatic nitrogens is 4. The van der Waals surface area contributed by atoms with Crippen molar-refractivity contribution >= 4 is 23.6 Å². The number of halogens is 4. The Bertz CT molecular complexity index is 1630. The number of hydrogen-bond acceptors (Lipinski definition) is 9. The SMILES string of the molecule is O=C(NC(COCc1ccccc1)C(=O)O)c1cc(N2CCN(c3nccc(C(F)(F)F)n3)CC2)nc(-c2ccc(F)cc2)n1. The maximum Gasteiger partial charge on any atom is 0.433 e. The highest BCUT2D eigenvalue weighted by Gasteiger charge is 2.34. The molecule has 45 heavy (non-hydrogen) atoms. The Labute approximate surface area is 254 Å². The van der Waals surface area contributed by atoms with Crippen LogP contribution in [0.2, 0.25) is 0 Å². The predicted molar refractivity (Wildman–Crippen MR) is 154 cm³/mol. The van der Waals surface area contributed by atoms with E-state index < -0.39 is 35.6 Å². The Kier molecular flexibility index (Phi) is 9.47. The first kappa shape index (κ1) is 31.3. The van der Waals surface area contributed by atoms with Crippen LogP contribution in [0.25, 0.3) is 11.4 Å². The molecule has 0 spiro atoms. The molecular weight excluding hydrogens is 598 g/mol. The number of nitrogens with zero attached hydrogens (tertiary/aromatic N) is 6. The third kappa shape index (κ3) is 8.06. The lowest BCUT2D eigenvalue weighted by Crippen LogP contribution is -2.48. The normalized spacial score (nSPS) is 14.2. The Morgan fingerprint density at radius 3 is 2.29 bits per heavy atom. The summed E-state index contributed by atoms with van der Waals surface area (Å²) in [4.78, 5) is 45.1. The Morgan fingerprint density at radius 1 is 0.933 bits per heavy atom. The van der Waals surface area contributed by atoms with E-state index in [1.807, 2.05) is 30.3 Å². The molecule has 1 atom stereocenters. The molecule has 1 unspecified atom stereocenters. The van der Waals surface area contributed by atoms with E-state index in [2.05, 4.69) is 25.3 Å². The second kappa shape index (κ2) is 13.6. The lowest BCUT2D eigenvalue weighted by atomic mass is 10.2. The zero-order valence-corrected chi connectivity index (χ0v) is 23.6. The van der Waals surface area contributed by atoms with Crippen LogP contribution in [-0.2, 0) is 22.3 Å². The lowest BCUT2D eigenvalue weighted by molar-refractivity contribution is -0.142. The van der Waals surface area contributed by atoms with Gasteiger partial charge in [-0.2, -0.15) is 13.2 Å². The molecule has 2 N–H and O–H groups in total. The molecule has 1 aliphatic heterocycles. The first-order valence-corrected chi connectivity index (χ1v) is 13.8. The van der Waals surface area contributed by atoms with Gasteiger partial charge in [0.2, 0.25) is 5.95 Å². The summed E-state index contributed by atoms with van der Waals surface area (Å²) < 4.78 is 58.6. The van der Waals surface area contributed by atoms with E-state index in [1.54, 1.807) is 9.80 Å². The third-order valence-electron chi connectivity index (χ3n) is 6.87. The van der Waals surface area contributed by atoms with Gasteiger partial charge < -0.3 is 25.0 Å². The summed E-state index contributed by atoms with van der Waals surface area (Å²) >= 11 is 0. The van der Waals surface area contributed by atoms with Gasteiger partial charge in [0.25, 0.3) is 5.91 Å². The molecule has 0 radical (unpaired) electrons. The number of aliphatic carboxylic acids is 1. The maximum atomic E-state index is 13.6. The average molecular weight is 626 g/mol. The average Bonchev–Trinajstić information content (AvgIpc) is 3.04. The summed E-state index contributed by atoms with van der Waals surface area (Å²) in [6.07, 6.45) is -3.55. The number of nitrogens with one attached hydrogen (secondary N) is 1. The summed E-state index contributed by atoms with van der Waals surface area (Å²) in [5.41, 5.74) is 0.0501. The molecule has 1 aliphatic rings. The molecule has 1 fully saturated rings. The number of ether oxygens (including phenoxy) is 1. The summed E-state index contributed by atoms with van der Waals surface area (Å²) in [7, 11) is 0. The van der Waals surface area contributed by atoms with Crippen LogP contribution < -0.4 is 15.1 Å². The summed E-state index contributed by atoms with van der Waals surface area (Å²) in [6.45, 7) is 0.900. The van der Waals surface area contributed by atoms with Crippen molar-refractivity contribution in [1.82, 2.24) is 25.3 Å². The van der Waals surface area contributed by atoms with Crippen molar-refractivity contribution in [2.45, 2.75) is 18.8 Å². The van der Waals surface area contributed by atoms with Crippen LogP contribution in [0.4, 0.5) is 29.3 Å². The minimum atomic E-state index is -4.61. The van der Waals surface area contributed by atoms with Crippen molar-refractivity contribution < 1.29 is 37.0 Å². The Morgan fingerprint density at radius 2 is 1.62 bits per heavy atom. The number of carboxylic acids is 1. The zero-order chi connectivity index (χ0) is 32.0. The second-order valence-electron chi connectivity index (χ2n) is 10.0. The van der Waals surface area contributed by atoms with Gasteiger partial charge in [-0.25, -0.2) is 29.1 Å². The van der Waals surface area contributed by atoms with Crippen LogP contribution in [0.5, 0.6) is 0 Å². The maximum absolute atomic E-state index is 13.6. The number of amides is 1. The van der Waals surface area contributed by atoms with Crippen LogP contribution >= 0.6 is 0 Å². The lowest BCUT2D eigenvalue weighted by Gasteiger charge is -2.35. The van der Waals surface area contributed by atoms with E-state index in [0.717, 1.165) is 17.8 Å². The van der Waals surface area contributed by atoms with Crippen molar-refractivity contribution in [1.29, 1.82) is 0 Å². The van der Waals surface area contributed by atoms with Gasteiger partial charge in [0.15, 0.2) is 11.9 Å². The third-order valence-corrected chi connectivity index (χ3v) is 6.87. The summed E-state index contributed by atoms with van der Waals surface area (Å²) in [5.74, 6) is -2.25. The highest BCUT2D eigenvalue weighted by molar-refractivity contribution is 5.96. The van der Waals surface area contributed by atoms with Gasteiger partial charge >= 0.3 is 12.1 Å². The molecule has 15 heteroatoms. The Hall–Kier alpha value is -5.18. The van der Waals surface area contributed by atoms with Gasteiger partial charge in [-0.15, -0.1) is 0 Å². The Balaban J connectivity index is 1.34. The number of carbonyl (C=O) groups excluding carboxylic acids is 1. The fourth-order valence-electron chi connectivity index (χ4n) is 4.51. The second-order valence-corrected chi connectivity index (χ2v) is 10.0. The summed E-state index contributed by atoms with van der Waals surface area (Å²) in [5, 5.41) is 12.1. The van der Waals surface area contributed by atoms with Gasteiger partial charge in [0, 0.05) is 44.0 Å². The topological polar surface area (TPSA) is 134 Å². The number of rotatable bonds is 10.